The zero-order valence-electron chi connectivity index (χ0n) is 8.90. The van der Waals surface area contributed by atoms with Crippen molar-refractivity contribution in [1.82, 2.24) is 0 Å². The topological polar surface area (TPSA) is 44.0 Å². The molecule has 2 rings (SSSR count). The van der Waals surface area contributed by atoms with E-state index in [1.807, 2.05) is 18.2 Å². The number of hydrogen-bond donors (Lipinski definition) is 1. The molecule has 1 aromatic carbocycles. The van der Waals surface area contributed by atoms with Crippen molar-refractivity contribution in [2.75, 3.05) is 0 Å². The lowest BCUT2D eigenvalue weighted by atomic mass is 9.88. The summed E-state index contributed by atoms with van der Waals surface area (Å²) in [6.07, 6.45) is 2.58. The van der Waals surface area contributed by atoms with Crippen LogP contribution < -0.4 is 0 Å². The molecule has 15 heavy (non-hydrogen) atoms. The van der Waals surface area contributed by atoms with Crippen molar-refractivity contribution in [2.24, 2.45) is 5.92 Å². The molecule has 2 nitrogen and oxygen atoms in total. The van der Waals surface area contributed by atoms with Crippen molar-refractivity contribution >= 4 is 0 Å². The average molecular weight is 201 g/mol. The summed E-state index contributed by atoms with van der Waals surface area (Å²) in [4.78, 5) is 0. The highest BCUT2D eigenvalue weighted by molar-refractivity contribution is 5.41. The van der Waals surface area contributed by atoms with Crippen molar-refractivity contribution < 1.29 is 5.11 Å². The van der Waals surface area contributed by atoms with E-state index < -0.39 is 5.60 Å². The Labute approximate surface area is 90.2 Å². The van der Waals surface area contributed by atoms with E-state index in [1.54, 1.807) is 6.07 Å². The molecule has 0 saturated heterocycles. The second-order valence-corrected chi connectivity index (χ2v) is 4.54. The minimum absolute atomic E-state index is 0.543. The first-order valence-electron chi connectivity index (χ1n) is 5.38. The van der Waals surface area contributed by atoms with Crippen LogP contribution >= 0.6 is 0 Å². The maximum absolute atomic E-state index is 10.5. The van der Waals surface area contributed by atoms with Crippen LogP contribution in [-0.4, -0.2) is 5.11 Å². The van der Waals surface area contributed by atoms with Crippen LogP contribution in [0.4, 0.5) is 0 Å². The van der Waals surface area contributed by atoms with E-state index in [1.165, 1.54) is 0 Å². The van der Waals surface area contributed by atoms with Gasteiger partial charge in [-0.1, -0.05) is 25.1 Å². The Bertz CT molecular complexity index is 407. The molecule has 1 N–H and O–H groups in total. The average Bonchev–Trinajstić information content (AvgIpc) is 2.60. The zero-order chi connectivity index (χ0) is 10.9. The zero-order valence-corrected chi connectivity index (χ0v) is 8.90. The van der Waals surface area contributed by atoms with Crippen molar-refractivity contribution in [1.29, 1.82) is 5.26 Å². The molecule has 0 aliphatic heterocycles. The van der Waals surface area contributed by atoms with E-state index in [0.717, 1.165) is 24.8 Å². The minimum atomic E-state index is -0.772. The van der Waals surface area contributed by atoms with Gasteiger partial charge in [-0.2, -0.15) is 5.26 Å². The van der Waals surface area contributed by atoms with Gasteiger partial charge in [0, 0.05) is 5.56 Å². The Balaban J connectivity index is 2.41. The van der Waals surface area contributed by atoms with Crippen LogP contribution in [0.1, 0.15) is 37.3 Å². The molecular weight excluding hydrogens is 186 g/mol. The normalized spacial score (nSPS) is 30.1. The molecule has 0 bridgehead atoms. The first-order chi connectivity index (χ1) is 7.15. The summed E-state index contributed by atoms with van der Waals surface area (Å²) in [6, 6.07) is 9.52. The van der Waals surface area contributed by atoms with E-state index in [4.69, 9.17) is 5.26 Å². The Morgan fingerprint density at radius 3 is 2.80 bits per heavy atom. The number of aliphatic hydroxyl groups is 1. The fourth-order valence-corrected chi connectivity index (χ4v) is 2.50. The molecule has 0 aromatic heterocycles. The molecule has 0 amide bonds. The summed E-state index contributed by atoms with van der Waals surface area (Å²) >= 11 is 0. The molecule has 1 aromatic rings. The van der Waals surface area contributed by atoms with Crippen LogP contribution in [0.25, 0.3) is 0 Å². The number of nitriles is 1. The van der Waals surface area contributed by atoms with E-state index in [2.05, 4.69) is 13.0 Å². The summed E-state index contributed by atoms with van der Waals surface area (Å²) in [5, 5.41) is 19.5. The summed E-state index contributed by atoms with van der Waals surface area (Å²) in [7, 11) is 0. The highest BCUT2D eigenvalue weighted by atomic mass is 16.3. The van der Waals surface area contributed by atoms with Crippen LogP contribution in [0.5, 0.6) is 0 Å². The van der Waals surface area contributed by atoms with Gasteiger partial charge in [0.2, 0.25) is 0 Å². The maximum Gasteiger partial charge on any atom is 0.0995 e. The van der Waals surface area contributed by atoms with Gasteiger partial charge in [-0.15, -0.1) is 0 Å². The molecule has 78 valence electrons. The third kappa shape index (κ3) is 1.75. The minimum Gasteiger partial charge on any atom is -0.385 e. The smallest absolute Gasteiger partial charge is 0.0995 e. The quantitative estimate of drug-likeness (QED) is 0.758. The lowest BCUT2D eigenvalue weighted by Gasteiger charge is -2.24. The van der Waals surface area contributed by atoms with Gasteiger partial charge in [-0.25, -0.2) is 0 Å². The highest BCUT2D eigenvalue weighted by Crippen LogP contribution is 2.42. The number of hydrogen-bond acceptors (Lipinski definition) is 2. The summed E-state index contributed by atoms with van der Waals surface area (Å²) in [5.74, 6) is 0.543. The lowest BCUT2D eigenvalue weighted by Crippen LogP contribution is -2.22. The first-order valence-corrected chi connectivity index (χ1v) is 5.38. The molecule has 1 fully saturated rings. The summed E-state index contributed by atoms with van der Waals surface area (Å²) < 4.78 is 0. The fourth-order valence-electron chi connectivity index (χ4n) is 2.50. The molecular formula is C13H15NO. The van der Waals surface area contributed by atoms with Gasteiger partial charge in [-0.05, 0) is 31.2 Å². The first kappa shape index (κ1) is 10.2. The van der Waals surface area contributed by atoms with Gasteiger partial charge < -0.3 is 5.11 Å². The monoisotopic (exact) mass is 201 g/mol. The van der Waals surface area contributed by atoms with Gasteiger partial charge in [0.25, 0.3) is 0 Å². The van der Waals surface area contributed by atoms with Crippen LogP contribution in [0.3, 0.4) is 0 Å². The van der Waals surface area contributed by atoms with Crippen molar-refractivity contribution in [3.8, 4) is 6.07 Å². The SMILES string of the molecule is C[C@@H]1CC[C@](O)(c2ccccc2C#N)C1. The molecule has 0 heterocycles. The summed E-state index contributed by atoms with van der Waals surface area (Å²) in [6.45, 7) is 2.15. The van der Waals surface area contributed by atoms with Crippen LogP contribution in [0, 0.1) is 17.2 Å². The van der Waals surface area contributed by atoms with E-state index >= 15 is 0 Å². The molecule has 2 atom stereocenters. The predicted octanol–water partition coefficient (Wildman–Crippen LogP) is 2.57. The number of nitrogens with zero attached hydrogens (tertiary/aromatic N) is 1. The molecule has 1 saturated carbocycles. The van der Waals surface area contributed by atoms with E-state index in [0.29, 0.717) is 11.5 Å². The Morgan fingerprint density at radius 1 is 1.47 bits per heavy atom. The second-order valence-electron chi connectivity index (χ2n) is 4.54. The molecule has 1 aliphatic rings. The third-order valence-corrected chi connectivity index (χ3v) is 3.29. The van der Waals surface area contributed by atoms with Crippen LogP contribution in [0.15, 0.2) is 24.3 Å². The Hall–Kier alpha value is -1.33. The van der Waals surface area contributed by atoms with Gasteiger partial charge in [-0.3, -0.25) is 0 Å². The van der Waals surface area contributed by atoms with Gasteiger partial charge >= 0.3 is 0 Å². The predicted molar refractivity (Wildman–Crippen MR) is 58.1 cm³/mol. The van der Waals surface area contributed by atoms with E-state index in [9.17, 15) is 5.11 Å². The number of benzene rings is 1. The lowest BCUT2D eigenvalue weighted by molar-refractivity contribution is 0.0405. The molecule has 0 unspecified atom stereocenters. The second kappa shape index (κ2) is 3.67. The van der Waals surface area contributed by atoms with E-state index in [-0.39, 0.29) is 0 Å². The third-order valence-electron chi connectivity index (χ3n) is 3.29. The standard InChI is InChI=1S/C13H15NO/c1-10-6-7-13(15,8-10)12-5-3-2-4-11(12)9-14/h2-5,10,15H,6-8H2,1H3/t10-,13-/m1/s1. The van der Waals surface area contributed by atoms with Crippen molar-refractivity contribution in [2.45, 2.75) is 31.8 Å². The number of rotatable bonds is 1. The molecule has 1 aliphatic carbocycles. The fraction of sp³-hybridized carbons (Fsp3) is 0.462. The van der Waals surface area contributed by atoms with Crippen molar-refractivity contribution in [3.63, 3.8) is 0 Å². The van der Waals surface area contributed by atoms with Crippen molar-refractivity contribution in [3.05, 3.63) is 35.4 Å². The summed E-state index contributed by atoms with van der Waals surface area (Å²) in [5.41, 5.74) is 0.636. The Morgan fingerprint density at radius 2 is 2.20 bits per heavy atom. The highest BCUT2D eigenvalue weighted by Gasteiger charge is 2.38. The van der Waals surface area contributed by atoms with Crippen LogP contribution in [-0.2, 0) is 5.60 Å². The van der Waals surface area contributed by atoms with Crippen LogP contribution in [0.2, 0.25) is 0 Å². The molecule has 2 heteroatoms. The van der Waals surface area contributed by atoms with Gasteiger partial charge in [0.1, 0.15) is 0 Å². The largest absolute Gasteiger partial charge is 0.385 e. The molecule has 0 radical (unpaired) electrons. The van der Waals surface area contributed by atoms with Gasteiger partial charge in [0.15, 0.2) is 0 Å². The van der Waals surface area contributed by atoms with Gasteiger partial charge in [0.05, 0.1) is 17.2 Å². The Kier molecular flexibility index (Phi) is 2.50. The molecule has 0 spiro atoms. The maximum atomic E-state index is 10.5.